The van der Waals surface area contributed by atoms with E-state index in [-0.39, 0.29) is 22.7 Å². The number of aromatic amines is 1. The van der Waals surface area contributed by atoms with Crippen molar-refractivity contribution in [3.63, 3.8) is 0 Å². The first kappa shape index (κ1) is 19.5. The summed E-state index contributed by atoms with van der Waals surface area (Å²) in [4.78, 5) is 36.3. The molecule has 1 amide bonds. The van der Waals surface area contributed by atoms with Crippen LogP contribution in [-0.2, 0) is 9.53 Å². The minimum atomic E-state index is -0.551. The van der Waals surface area contributed by atoms with Crippen LogP contribution in [0, 0.1) is 0 Å². The van der Waals surface area contributed by atoms with Crippen LogP contribution in [0.2, 0.25) is 0 Å². The molecule has 0 bridgehead atoms. The summed E-state index contributed by atoms with van der Waals surface area (Å²) in [6.07, 6.45) is 1.51. The SMILES string of the molecule is COC(=O)c1ccccc1NC(=O)CSc1n[nH]c(=O)c2cc(-c3ccco3)nn12. The molecule has 4 rings (SSSR count). The van der Waals surface area contributed by atoms with E-state index in [1.807, 2.05) is 0 Å². The minimum absolute atomic E-state index is 0.0282. The number of para-hydroxylation sites is 1. The molecule has 0 aliphatic carbocycles. The molecule has 0 fully saturated rings. The van der Waals surface area contributed by atoms with Crippen molar-refractivity contribution in [2.24, 2.45) is 0 Å². The summed E-state index contributed by atoms with van der Waals surface area (Å²) in [6, 6.07) is 11.6. The van der Waals surface area contributed by atoms with Crippen molar-refractivity contribution in [1.82, 2.24) is 19.8 Å². The Kier molecular flexibility index (Phi) is 5.35. The van der Waals surface area contributed by atoms with Crippen LogP contribution < -0.4 is 10.9 Å². The second kappa shape index (κ2) is 8.25. The first-order valence-corrected chi connectivity index (χ1v) is 9.67. The zero-order valence-corrected chi connectivity index (χ0v) is 16.4. The van der Waals surface area contributed by atoms with Crippen LogP contribution in [0.4, 0.5) is 5.69 Å². The van der Waals surface area contributed by atoms with Crippen molar-refractivity contribution >= 4 is 34.8 Å². The van der Waals surface area contributed by atoms with Gasteiger partial charge in [-0.3, -0.25) is 9.59 Å². The molecule has 0 saturated carbocycles. The van der Waals surface area contributed by atoms with Gasteiger partial charge in [0.2, 0.25) is 11.1 Å². The highest BCUT2D eigenvalue weighted by Gasteiger charge is 2.16. The van der Waals surface area contributed by atoms with E-state index in [0.29, 0.717) is 22.3 Å². The van der Waals surface area contributed by atoms with Crippen LogP contribution in [0.15, 0.2) is 63.1 Å². The molecular weight excluding hydrogens is 410 g/mol. The van der Waals surface area contributed by atoms with Crippen LogP contribution in [0.25, 0.3) is 17.0 Å². The number of carbonyl (C=O) groups excluding carboxylic acids is 2. The van der Waals surface area contributed by atoms with E-state index in [9.17, 15) is 14.4 Å². The molecule has 0 aliphatic rings. The molecule has 0 radical (unpaired) electrons. The van der Waals surface area contributed by atoms with Crippen molar-refractivity contribution in [2.45, 2.75) is 5.16 Å². The fourth-order valence-corrected chi connectivity index (χ4v) is 3.43. The van der Waals surface area contributed by atoms with E-state index in [0.717, 1.165) is 11.8 Å². The lowest BCUT2D eigenvalue weighted by atomic mass is 10.2. The van der Waals surface area contributed by atoms with E-state index in [2.05, 4.69) is 20.6 Å². The number of carbonyl (C=O) groups is 2. The van der Waals surface area contributed by atoms with Gasteiger partial charge in [-0.25, -0.2) is 14.4 Å². The third-order valence-corrected chi connectivity index (χ3v) is 5.02. The number of thioether (sulfide) groups is 1. The molecule has 0 spiro atoms. The topological polar surface area (TPSA) is 132 Å². The number of nitrogens with zero attached hydrogens (tertiary/aromatic N) is 3. The van der Waals surface area contributed by atoms with Crippen LogP contribution in [0.3, 0.4) is 0 Å². The van der Waals surface area contributed by atoms with Gasteiger partial charge in [0.05, 0.1) is 30.4 Å². The van der Waals surface area contributed by atoms with Gasteiger partial charge < -0.3 is 14.5 Å². The second-order valence-corrected chi connectivity index (χ2v) is 6.96. The zero-order chi connectivity index (χ0) is 21.1. The van der Waals surface area contributed by atoms with Gasteiger partial charge in [-0.15, -0.1) is 5.10 Å². The molecule has 0 saturated heterocycles. The predicted molar refractivity (Wildman–Crippen MR) is 108 cm³/mol. The maximum atomic E-state index is 12.4. The molecular formula is C19H15N5O5S. The fourth-order valence-electron chi connectivity index (χ4n) is 2.73. The Morgan fingerprint density at radius 1 is 1.27 bits per heavy atom. The number of ether oxygens (including phenoxy) is 1. The average molecular weight is 425 g/mol. The Morgan fingerprint density at radius 3 is 2.87 bits per heavy atom. The summed E-state index contributed by atoms with van der Waals surface area (Å²) in [5.74, 6) is -0.439. The summed E-state index contributed by atoms with van der Waals surface area (Å²) >= 11 is 1.08. The monoisotopic (exact) mass is 425 g/mol. The number of furan rings is 1. The van der Waals surface area contributed by atoms with Crippen molar-refractivity contribution in [1.29, 1.82) is 0 Å². The quantitative estimate of drug-likeness (QED) is 0.355. The first-order valence-electron chi connectivity index (χ1n) is 8.69. The summed E-state index contributed by atoms with van der Waals surface area (Å²) < 4.78 is 11.4. The lowest BCUT2D eigenvalue weighted by Crippen LogP contribution is -2.18. The van der Waals surface area contributed by atoms with E-state index in [4.69, 9.17) is 9.15 Å². The molecule has 152 valence electrons. The van der Waals surface area contributed by atoms with Gasteiger partial charge in [0.1, 0.15) is 11.2 Å². The Balaban J connectivity index is 1.53. The Hall–Kier alpha value is -3.86. The number of hydrogen-bond donors (Lipinski definition) is 2. The number of amides is 1. The van der Waals surface area contributed by atoms with Crippen molar-refractivity contribution in [3.05, 3.63) is 64.6 Å². The number of anilines is 1. The third kappa shape index (κ3) is 3.82. The first-order chi connectivity index (χ1) is 14.6. The van der Waals surface area contributed by atoms with Gasteiger partial charge in [-0.05, 0) is 24.3 Å². The summed E-state index contributed by atoms with van der Waals surface area (Å²) in [5, 5.41) is 13.7. The molecule has 10 nitrogen and oxygen atoms in total. The molecule has 4 aromatic rings. The standard InChI is InChI=1S/C19H15N5O5S/c1-28-18(27)11-5-2-3-6-12(11)20-16(25)10-30-19-22-21-17(26)14-9-13(23-24(14)19)15-7-4-8-29-15/h2-9H,10H2,1H3,(H,20,25)(H,21,26). The summed E-state index contributed by atoms with van der Waals surface area (Å²) in [6.45, 7) is 0. The third-order valence-electron chi connectivity index (χ3n) is 4.09. The highest BCUT2D eigenvalue weighted by atomic mass is 32.2. The number of methoxy groups -OCH3 is 1. The predicted octanol–water partition coefficient (Wildman–Crippen LogP) is 2.20. The number of H-pyrrole nitrogens is 1. The Labute approximate surface area is 173 Å². The molecule has 1 aromatic carbocycles. The van der Waals surface area contributed by atoms with Gasteiger partial charge in [0.15, 0.2) is 5.76 Å². The second-order valence-electron chi connectivity index (χ2n) is 6.01. The minimum Gasteiger partial charge on any atom is -0.465 e. The van der Waals surface area contributed by atoms with Gasteiger partial charge >= 0.3 is 5.97 Å². The molecule has 3 heterocycles. The number of hydrogen-bond acceptors (Lipinski definition) is 8. The van der Waals surface area contributed by atoms with Gasteiger partial charge in [0.25, 0.3) is 5.56 Å². The van der Waals surface area contributed by atoms with Crippen LogP contribution in [0.5, 0.6) is 0 Å². The molecule has 0 unspecified atom stereocenters. The largest absolute Gasteiger partial charge is 0.465 e. The normalized spacial score (nSPS) is 10.8. The summed E-state index contributed by atoms with van der Waals surface area (Å²) in [7, 11) is 1.27. The van der Waals surface area contributed by atoms with Crippen LogP contribution in [-0.4, -0.2) is 44.6 Å². The number of aromatic nitrogens is 4. The smallest absolute Gasteiger partial charge is 0.339 e. The highest BCUT2D eigenvalue weighted by molar-refractivity contribution is 7.99. The molecule has 0 atom stereocenters. The molecule has 0 aliphatic heterocycles. The molecule has 2 N–H and O–H groups in total. The zero-order valence-electron chi connectivity index (χ0n) is 15.6. The molecule has 3 aromatic heterocycles. The Bertz CT molecular complexity index is 1280. The Morgan fingerprint density at radius 2 is 2.10 bits per heavy atom. The van der Waals surface area contributed by atoms with Crippen molar-refractivity contribution in [3.8, 4) is 11.5 Å². The van der Waals surface area contributed by atoms with Crippen LogP contribution in [0.1, 0.15) is 10.4 Å². The number of esters is 1. The van der Waals surface area contributed by atoms with E-state index < -0.39 is 11.5 Å². The van der Waals surface area contributed by atoms with E-state index in [1.165, 1.54) is 17.9 Å². The van der Waals surface area contributed by atoms with E-state index >= 15 is 0 Å². The number of fused-ring (bicyclic) bond motifs is 1. The molecule has 30 heavy (non-hydrogen) atoms. The fraction of sp³-hybridized carbons (Fsp3) is 0.105. The lowest BCUT2D eigenvalue weighted by Gasteiger charge is -2.09. The van der Waals surface area contributed by atoms with Crippen molar-refractivity contribution in [2.75, 3.05) is 18.2 Å². The van der Waals surface area contributed by atoms with Gasteiger partial charge in [-0.2, -0.15) is 5.10 Å². The highest BCUT2D eigenvalue weighted by Crippen LogP contribution is 2.22. The number of benzene rings is 1. The van der Waals surface area contributed by atoms with Gasteiger partial charge in [-0.1, -0.05) is 23.9 Å². The number of nitrogens with one attached hydrogen (secondary N) is 2. The maximum absolute atomic E-state index is 12.4. The molecule has 11 heteroatoms. The summed E-state index contributed by atoms with van der Waals surface area (Å²) in [5.41, 5.74) is 0.917. The van der Waals surface area contributed by atoms with Gasteiger partial charge in [0, 0.05) is 6.07 Å². The maximum Gasteiger partial charge on any atom is 0.339 e. The lowest BCUT2D eigenvalue weighted by molar-refractivity contribution is -0.113. The number of rotatable bonds is 6. The van der Waals surface area contributed by atoms with E-state index in [1.54, 1.807) is 42.5 Å². The van der Waals surface area contributed by atoms with Crippen molar-refractivity contribution < 1.29 is 18.7 Å². The van der Waals surface area contributed by atoms with Crippen LogP contribution >= 0.6 is 11.8 Å². The average Bonchev–Trinajstić information content (AvgIpc) is 3.43.